The van der Waals surface area contributed by atoms with Gasteiger partial charge >= 0.3 is 5.97 Å². The maximum Gasteiger partial charge on any atom is 0.347 e. The van der Waals surface area contributed by atoms with Gasteiger partial charge in [0.1, 0.15) is 17.6 Å². The Morgan fingerprint density at radius 3 is 2.23 bits per heavy atom. The molecule has 0 saturated carbocycles. The van der Waals surface area contributed by atoms with Crippen LogP contribution in [0, 0.1) is 0 Å². The van der Waals surface area contributed by atoms with E-state index < -0.39 is 12.1 Å². The predicted molar refractivity (Wildman–Crippen MR) is 118 cm³/mol. The second-order valence-electron chi connectivity index (χ2n) is 9.49. The Morgan fingerprint density at radius 2 is 1.65 bits per heavy atom. The smallest absolute Gasteiger partial charge is 0.347 e. The maximum atomic E-state index is 12.6. The lowest BCUT2D eigenvalue weighted by molar-refractivity contribution is -0.160. The average Bonchev–Trinajstić information content (AvgIpc) is 2.65. The van der Waals surface area contributed by atoms with Crippen molar-refractivity contribution in [2.45, 2.75) is 70.7 Å². The van der Waals surface area contributed by atoms with Crippen LogP contribution >= 0.6 is 0 Å². The number of esters is 1. The summed E-state index contributed by atoms with van der Waals surface area (Å²) in [6, 6.07) is 13.1. The summed E-state index contributed by atoms with van der Waals surface area (Å²) in [4.78, 5) is 25.2. The predicted octanol–water partition coefficient (Wildman–Crippen LogP) is 4.24. The normalized spacial score (nSPS) is 18.7. The van der Waals surface area contributed by atoms with Gasteiger partial charge in [-0.3, -0.25) is 4.79 Å². The number of nitrogens with one attached hydrogen (secondary N) is 1. The van der Waals surface area contributed by atoms with Crippen molar-refractivity contribution in [1.29, 1.82) is 0 Å². The number of hydrogen-bond acceptors (Lipinski definition) is 6. The molecule has 31 heavy (non-hydrogen) atoms. The molecule has 2 aromatic carbocycles. The molecule has 1 unspecified atom stereocenters. The van der Waals surface area contributed by atoms with Crippen LogP contribution in [0.5, 0.6) is 11.5 Å². The standard InChI is InChI=1S/C25H31NO5/c1-16(23(29)31-19-14-24(2,3)26-25(4,5)15-19)30-18-11-12-20(21(27)13-18)22(28)17-9-7-6-8-10-17/h6-13,16,19,26-27H,14-15H2,1-5H3. The SMILES string of the molecule is CC(Oc1ccc(C(=O)c2ccccc2)c(O)c1)C(=O)OC1CC(C)(C)NC(C)(C)C1. The Bertz CT molecular complexity index is 936. The van der Waals surface area contributed by atoms with Crippen molar-refractivity contribution in [3.8, 4) is 11.5 Å². The molecule has 0 aliphatic carbocycles. The zero-order valence-corrected chi connectivity index (χ0v) is 18.8. The molecule has 166 valence electrons. The van der Waals surface area contributed by atoms with Crippen LogP contribution in [0.25, 0.3) is 0 Å². The molecule has 0 spiro atoms. The fourth-order valence-electron chi connectivity index (χ4n) is 4.35. The number of carbonyl (C=O) groups is 2. The van der Waals surface area contributed by atoms with Crippen LogP contribution in [-0.4, -0.2) is 40.1 Å². The van der Waals surface area contributed by atoms with E-state index in [1.165, 1.54) is 12.1 Å². The van der Waals surface area contributed by atoms with E-state index in [4.69, 9.17) is 9.47 Å². The Labute approximate surface area is 183 Å². The number of carbonyl (C=O) groups excluding carboxylic acids is 2. The van der Waals surface area contributed by atoms with Crippen LogP contribution in [0.1, 0.15) is 63.4 Å². The molecule has 1 atom stereocenters. The summed E-state index contributed by atoms with van der Waals surface area (Å²) in [6.45, 7) is 9.98. The van der Waals surface area contributed by atoms with Gasteiger partial charge in [0.2, 0.25) is 0 Å². The summed E-state index contributed by atoms with van der Waals surface area (Å²) in [5, 5.41) is 13.9. The van der Waals surface area contributed by atoms with Gasteiger partial charge in [0, 0.05) is 35.5 Å². The van der Waals surface area contributed by atoms with Crippen molar-refractivity contribution in [2.24, 2.45) is 0 Å². The topological polar surface area (TPSA) is 84.9 Å². The first kappa shape index (κ1) is 22.8. The van der Waals surface area contributed by atoms with Gasteiger partial charge in [0.15, 0.2) is 11.9 Å². The minimum atomic E-state index is -0.851. The molecule has 0 bridgehead atoms. The lowest BCUT2D eigenvalue weighted by atomic mass is 9.81. The Balaban J connectivity index is 1.63. The molecule has 0 aromatic heterocycles. The zero-order valence-electron chi connectivity index (χ0n) is 18.8. The number of hydrogen-bond donors (Lipinski definition) is 2. The van der Waals surface area contributed by atoms with Gasteiger partial charge in [-0.2, -0.15) is 0 Å². The summed E-state index contributed by atoms with van der Waals surface area (Å²) in [5.74, 6) is -0.651. The van der Waals surface area contributed by atoms with Crippen LogP contribution < -0.4 is 10.1 Å². The lowest BCUT2D eigenvalue weighted by Crippen LogP contribution is -2.60. The summed E-state index contributed by atoms with van der Waals surface area (Å²) in [6.07, 6.45) is 0.373. The number of aromatic hydroxyl groups is 1. The van der Waals surface area contributed by atoms with E-state index in [1.807, 2.05) is 6.07 Å². The summed E-state index contributed by atoms with van der Waals surface area (Å²) >= 11 is 0. The second kappa shape index (κ2) is 8.71. The van der Waals surface area contributed by atoms with Crippen molar-refractivity contribution in [1.82, 2.24) is 5.32 Å². The Kier molecular flexibility index (Phi) is 6.41. The summed E-state index contributed by atoms with van der Waals surface area (Å²) in [5.41, 5.74) is 0.386. The van der Waals surface area contributed by atoms with Crippen molar-refractivity contribution in [3.63, 3.8) is 0 Å². The van der Waals surface area contributed by atoms with E-state index in [0.29, 0.717) is 18.4 Å². The minimum absolute atomic E-state index is 0.135. The highest BCUT2D eigenvalue weighted by atomic mass is 16.6. The van der Waals surface area contributed by atoms with Crippen molar-refractivity contribution in [3.05, 3.63) is 59.7 Å². The van der Waals surface area contributed by atoms with Gasteiger partial charge in [0.25, 0.3) is 0 Å². The van der Waals surface area contributed by atoms with E-state index in [1.54, 1.807) is 37.3 Å². The van der Waals surface area contributed by atoms with Gasteiger partial charge in [-0.15, -0.1) is 0 Å². The van der Waals surface area contributed by atoms with E-state index in [-0.39, 0.29) is 40.0 Å². The van der Waals surface area contributed by atoms with E-state index >= 15 is 0 Å². The third kappa shape index (κ3) is 5.85. The van der Waals surface area contributed by atoms with Crippen molar-refractivity contribution in [2.75, 3.05) is 0 Å². The molecule has 1 fully saturated rings. The number of benzene rings is 2. The second-order valence-corrected chi connectivity index (χ2v) is 9.49. The molecule has 3 rings (SSSR count). The van der Waals surface area contributed by atoms with Gasteiger partial charge < -0.3 is 19.9 Å². The zero-order chi connectivity index (χ0) is 22.8. The summed E-state index contributed by atoms with van der Waals surface area (Å²) in [7, 11) is 0. The molecule has 6 heteroatoms. The van der Waals surface area contributed by atoms with Crippen LogP contribution in [-0.2, 0) is 9.53 Å². The fourth-order valence-corrected chi connectivity index (χ4v) is 4.35. The molecular formula is C25H31NO5. The number of rotatable bonds is 6. The van der Waals surface area contributed by atoms with E-state index in [0.717, 1.165) is 0 Å². The third-order valence-corrected chi connectivity index (χ3v) is 5.33. The number of ketones is 1. The molecule has 0 radical (unpaired) electrons. The highest BCUT2D eigenvalue weighted by molar-refractivity contribution is 6.10. The molecule has 6 nitrogen and oxygen atoms in total. The van der Waals surface area contributed by atoms with Gasteiger partial charge in [-0.1, -0.05) is 30.3 Å². The van der Waals surface area contributed by atoms with Gasteiger partial charge in [0.05, 0.1) is 5.56 Å². The van der Waals surface area contributed by atoms with Crippen molar-refractivity contribution < 1.29 is 24.2 Å². The number of ether oxygens (including phenoxy) is 2. The Morgan fingerprint density at radius 1 is 1.03 bits per heavy atom. The maximum absolute atomic E-state index is 12.6. The molecule has 1 heterocycles. The van der Waals surface area contributed by atoms with Crippen molar-refractivity contribution >= 4 is 11.8 Å². The third-order valence-electron chi connectivity index (χ3n) is 5.33. The molecular weight excluding hydrogens is 394 g/mol. The molecule has 1 aliphatic rings. The highest BCUT2D eigenvalue weighted by Crippen LogP contribution is 2.31. The largest absolute Gasteiger partial charge is 0.507 e. The molecule has 2 aromatic rings. The molecule has 2 N–H and O–H groups in total. The van der Waals surface area contributed by atoms with Crippen LogP contribution in [0.15, 0.2) is 48.5 Å². The molecule has 1 saturated heterocycles. The summed E-state index contributed by atoms with van der Waals surface area (Å²) < 4.78 is 11.4. The fraction of sp³-hybridized carbons (Fsp3) is 0.440. The van der Waals surface area contributed by atoms with Crippen LogP contribution in [0.4, 0.5) is 0 Å². The van der Waals surface area contributed by atoms with Crippen LogP contribution in [0.2, 0.25) is 0 Å². The number of phenolic OH excluding ortho intramolecular Hbond substituents is 1. The Hall–Kier alpha value is -2.86. The number of piperidine rings is 1. The van der Waals surface area contributed by atoms with E-state index in [2.05, 4.69) is 33.0 Å². The first-order valence-corrected chi connectivity index (χ1v) is 10.5. The molecule has 1 aliphatic heterocycles. The first-order valence-electron chi connectivity index (χ1n) is 10.5. The highest BCUT2D eigenvalue weighted by Gasteiger charge is 2.40. The van der Waals surface area contributed by atoms with Gasteiger partial charge in [-0.25, -0.2) is 4.79 Å². The lowest BCUT2D eigenvalue weighted by Gasteiger charge is -2.46. The quantitative estimate of drug-likeness (QED) is 0.532. The first-order chi connectivity index (χ1) is 14.5. The van der Waals surface area contributed by atoms with Crippen LogP contribution in [0.3, 0.4) is 0 Å². The monoisotopic (exact) mass is 425 g/mol. The van der Waals surface area contributed by atoms with E-state index in [9.17, 15) is 14.7 Å². The number of phenols is 1. The molecule has 0 amide bonds. The van der Waals surface area contributed by atoms with Gasteiger partial charge in [-0.05, 0) is 46.8 Å². The minimum Gasteiger partial charge on any atom is -0.507 e. The average molecular weight is 426 g/mol.